The smallest absolute Gasteiger partial charge is 0.261 e. The van der Waals surface area contributed by atoms with Crippen LogP contribution in [0, 0.1) is 0 Å². The molecule has 0 bridgehead atoms. The predicted octanol–water partition coefficient (Wildman–Crippen LogP) is 3.88. The van der Waals surface area contributed by atoms with E-state index < -0.39 is 0 Å². The number of nitrogen functional groups attached to an aromatic ring is 1. The van der Waals surface area contributed by atoms with Crippen molar-refractivity contribution in [2.24, 2.45) is 7.05 Å². The molecule has 1 aromatic carbocycles. The van der Waals surface area contributed by atoms with Gasteiger partial charge in [0.05, 0.1) is 16.6 Å². The molecule has 0 unspecified atom stereocenters. The van der Waals surface area contributed by atoms with E-state index in [9.17, 15) is 4.79 Å². The summed E-state index contributed by atoms with van der Waals surface area (Å²) >= 11 is 0. The van der Waals surface area contributed by atoms with Crippen molar-refractivity contribution in [1.82, 2.24) is 19.2 Å². The highest BCUT2D eigenvalue weighted by molar-refractivity contribution is 5.85. The lowest BCUT2D eigenvalue weighted by Crippen LogP contribution is -2.19. The highest BCUT2D eigenvalue weighted by atomic mass is 16.1. The van der Waals surface area contributed by atoms with Gasteiger partial charge in [-0.3, -0.25) is 9.36 Å². The highest BCUT2D eigenvalue weighted by Gasteiger charge is 2.20. The molecule has 1 saturated carbocycles. The van der Waals surface area contributed by atoms with Gasteiger partial charge in [0.25, 0.3) is 5.56 Å². The first kappa shape index (κ1) is 17.0. The molecule has 3 heterocycles. The summed E-state index contributed by atoms with van der Waals surface area (Å²) in [7, 11) is 1.82. The van der Waals surface area contributed by atoms with Crippen molar-refractivity contribution >= 4 is 22.4 Å². The second-order valence-corrected chi connectivity index (χ2v) is 7.74. The summed E-state index contributed by atoms with van der Waals surface area (Å²) in [6, 6.07) is 11.7. The van der Waals surface area contributed by atoms with Gasteiger partial charge in [0.15, 0.2) is 0 Å². The van der Waals surface area contributed by atoms with Gasteiger partial charge in [0.2, 0.25) is 0 Å². The minimum Gasteiger partial charge on any atom is -0.384 e. The molecule has 0 atom stereocenters. The van der Waals surface area contributed by atoms with Gasteiger partial charge in [-0.25, -0.2) is 9.50 Å². The lowest BCUT2D eigenvalue weighted by molar-refractivity contribution is 0.435. The van der Waals surface area contributed by atoms with Crippen molar-refractivity contribution in [3.05, 3.63) is 58.6 Å². The number of benzene rings is 1. The van der Waals surface area contributed by atoms with Gasteiger partial charge < -0.3 is 5.73 Å². The van der Waals surface area contributed by atoms with Crippen molar-refractivity contribution < 1.29 is 0 Å². The normalized spacial score (nSPS) is 15.5. The second-order valence-electron chi connectivity index (χ2n) is 7.74. The molecule has 3 aromatic heterocycles. The Bertz CT molecular complexity index is 1230. The monoisotopic (exact) mass is 373 g/mol. The van der Waals surface area contributed by atoms with Crippen LogP contribution < -0.4 is 11.3 Å². The SMILES string of the molecule is Cn1c(=O)c2ccc(-c3ccc(N)nc3)cc2n2nc(C3CCCCC3)cc12. The number of fused-ring (bicyclic) bond motifs is 3. The number of aryl methyl sites for hydroxylation is 1. The first-order valence-electron chi connectivity index (χ1n) is 9.86. The maximum Gasteiger partial charge on any atom is 0.261 e. The van der Waals surface area contributed by atoms with E-state index in [1.165, 1.54) is 32.1 Å². The molecule has 0 radical (unpaired) electrons. The maximum absolute atomic E-state index is 12.9. The lowest BCUT2D eigenvalue weighted by Gasteiger charge is -2.19. The van der Waals surface area contributed by atoms with Gasteiger partial charge in [-0.05, 0) is 42.7 Å². The minimum absolute atomic E-state index is 0.000393. The Morgan fingerprint density at radius 3 is 2.57 bits per heavy atom. The van der Waals surface area contributed by atoms with Crippen LogP contribution in [-0.2, 0) is 7.05 Å². The Morgan fingerprint density at radius 1 is 1.04 bits per heavy atom. The zero-order valence-corrected chi connectivity index (χ0v) is 15.9. The molecule has 1 aliphatic rings. The standard InChI is InChI=1S/C22H23N5O/c1-26-21-12-18(14-5-3-2-4-6-14)25-27(21)19-11-15(7-9-17(19)22(26)28)16-8-10-20(23)24-13-16/h7-14H,2-6H2,1H3,(H2,23,24). The van der Waals surface area contributed by atoms with E-state index in [0.29, 0.717) is 17.1 Å². The Labute approximate surface area is 162 Å². The number of nitrogens with two attached hydrogens (primary N) is 1. The van der Waals surface area contributed by atoms with Crippen LogP contribution in [0.1, 0.15) is 43.7 Å². The molecule has 1 aliphatic carbocycles. The average Bonchev–Trinajstić information content (AvgIpc) is 3.19. The molecule has 0 saturated heterocycles. The van der Waals surface area contributed by atoms with Gasteiger partial charge in [0, 0.05) is 30.8 Å². The van der Waals surface area contributed by atoms with Crippen molar-refractivity contribution in [2.45, 2.75) is 38.0 Å². The number of nitrogens with zero attached hydrogens (tertiary/aromatic N) is 4. The molecule has 2 N–H and O–H groups in total. The van der Waals surface area contributed by atoms with E-state index in [2.05, 4.69) is 11.1 Å². The summed E-state index contributed by atoms with van der Waals surface area (Å²) in [5, 5.41) is 5.60. The fraction of sp³-hybridized carbons (Fsp3) is 0.318. The summed E-state index contributed by atoms with van der Waals surface area (Å²) < 4.78 is 3.63. The van der Waals surface area contributed by atoms with E-state index >= 15 is 0 Å². The Balaban J connectivity index is 1.73. The average molecular weight is 373 g/mol. The number of pyridine rings is 1. The largest absolute Gasteiger partial charge is 0.384 e. The first-order valence-corrected chi connectivity index (χ1v) is 9.86. The second kappa shape index (κ2) is 6.48. The first-order chi connectivity index (χ1) is 13.6. The van der Waals surface area contributed by atoms with Crippen molar-refractivity contribution in [1.29, 1.82) is 0 Å². The van der Waals surface area contributed by atoms with E-state index in [4.69, 9.17) is 10.8 Å². The number of rotatable bonds is 2. The molecule has 0 aliphatic heterocycles. The van der Waals surface area contributed by atoms with Gasteiger partial charge in [-0.1, -0.05) is 25.3 Å². The summed E-state index contributed by atoms with van der Waals surface area (Å²) in [4.78, 5) is 17.1. The predicted molar refractivity (Wildman–Crippen MR) is 111 cm³/mol. The molecule has 0 spiro atoms. The summed E-state index contributed by atoms with van der Waals surface area (Å²) in [6.07, 6.45) is 7.94. The van der Waals surface area contributed by atoms with Crippen molar-refractivity contribution in [3.8, 4) is 11.1 Å². The van der Waals surface area contributed by atoms with E-state index in [-0.39, 0.29) is 5.56 Å². The minimum atomic E-state index is -0.000393. The maximum atomic E-state index is 12.9. The number of hydrogen-bond acceptors (Lipinski definition) is 4. The van der Waals surface area contributed by atoms with Gasteiger partial charge in [-0.2, -0.15) is 5.10 Å². The van der Waals surface area contributed by atoms with Crippen molar-refractivity contribution in [2.75, 3.05) is 5.73 Å². The molecular formula is C22H23N5O. The Morgan fingerprint density at radius 2 is 1.82 bits per heavy atom. The summed E-state index contributed by atoms with van der Waals surface area (Å²) in [5.41, 5.74) is 10.4. The lowest BCUT2D eigenvalue weighted by atomic mass is 9.87. The number of hydrogen-bond donors (Lipinski definition) is 1. The zero-order valence-electron chi connectivity index (χ0n) is 15.9. The molecule has 0 amide bonds. The zero-order chi connectivity index (χ0) is 19.3. The van der Waals surface area contributed by atoms with Gasteiger partial charge >= 0.3 is 0 Å². The molecule has 28 heavy (non-hydrogen) atoms. The highest BCUT2D eigenvalue weighted by Crippen LogP contribution is 2.33. The number of anilines is 1. The van der Waals surface area contributed by atoms with E-state index in [1.807, 2.05) is 35.8 Å². The van der Waals surface area contributed by atoms with E-state index in [0.717, 1.165) is 28.0 Å². The van der Waals surface area contributed by atoms with Crippen LogP contribution in [-0.4, -0.2) is 19.2 Å². The van der Waals surface area contributed by atoms with Crippen LogP contribution in [0.5, 0.6) is 0 Å². The molecule has 4 aromatic rings. The fourth-order valence-electron chi connectivity index (χ4n) is 4.33. The topological polar surface area (TPSA) is 78.2 Å². The van der Waals surface area contributed by atoms with Crippen LogP contribution in [0.15, 0.2) is 47.4 Å². The van der Waals surface area contributed by atoms with Crippen LogP contribution in [0.25, 0.3) is 27.7 Å². The molecule has 142 valence electrons. The van der Waals surface area contributed by atoms with Crippen LogP contribution >= 0.6 is 0 Å². The third kappa shape index (κ3) is 2.68. The van der Waals surface area contributed by atoms with Crippen LogP contribution in [0.2, 0.25) is 0 Å². The molecule has 1 fully saturated rings. The van der Waals surface area contributed by atoms with Crippen LogP contribution in [0.3, 0.4) is 0 Å². The summed E-state index contributed by atoms with van der Waals surface area (Å²) in [5.74, 6) is 0.980. The third-order valence-electron chi connectivity index (χ3n) is 5.96. The number of aromatic nitrogens is 4. The van der Waals surface area contributed by atoms with Gasteiger partial charge in [0.1, 0.15) is 11.5 Å². The third-order valence-corrected chi connectivity index (χ3v) is 5.96. The fourth-order valence-corrected chi connectivity index (χ4v) is 4.33. The van der Waals surface area contributed by atoms with E-state index in [1.54, 1.807) is 16.8 Å². The molecule has 6 heteroatoms. The van der Waals surface area contributed by atoms with Crippen molar-refractivity contribution in [3.63, 3.8) is 0 Å². The quantitative estimate of drug-likeness (QED) is 0.578. The molecular weight excluding hydrogens is 350 g/mol. The van der Waals surface area contributed by atoms with Gasteiger partial charge in [-0.15, -0.1) is 0 Å². The Hall–Kier alpha value is -3.15. The molecule has 6 nitrogen and oxygen atoms in total. The summed E-state index contributed by atoms with van der Waals surface area (Å²) in [6.45, 7) is 0. The molecule has 5 rings (SSSR count). The van der Waals surface area contributed by atoms with Crippen LogP contribution in [0.4, 0.5) is 5.82 Å². The Kier molecular flexibility index (Phi) is 3.93.